The molecular weight excluding hydrogens is 172 g/mol. The molecule has 1 atom stereocenters. The molecule has 1 rings (SSSR count). The quantitative estimate of drug-likeness (QED) is 0.520. The van der Waals surface area contributed by atoms with Crippen LogP contribution in [-0.4, -0.2) is 42.8 Å². The molecule has 72 valence electrons. The van der Waals surface area contributed by atoms with Crippen LogP contribution >= 0.6 is 0 Å². The van der Waals surface area contributed by atoms with Gasteiger partial charge >= 0.3 is 6.03 Å². The maximum absolute atomic E-state index is 11.2. The molecule has 0 aromatic heterocycles. The largest absolute Gasteiger partial charge is 0.349 e. The Bertz CT molecular complexity index is 261. The van der Waals surface area contributed by atoms with E-state index >= 15 is 0 Å². The molecular formula is C7H12N4O2. The van der Waals surface area contributed by atoms with E-state index in [1.165, 1.54) is 4.90 Å². The van der Waals surface area contributed by atoms with Gasteiger partial charge in [0.15, 0.2) is 0 Å². The highest BCUT2D eigenvalue weighted by atomic mass is 16.2. The van der Waals surface area contributed by atoms with Crippen molar-refractivity contribution in [2.75, 3.05) is 14.1 Å². The van der Waals surface area contributed by atoms with Gasteiger partial charge in [-0.15, -0.1) is 0 Å². The minimum atomic E-state index is -0.498. The predicted octanol–water partition coefficient (Wildman–Crippen LogP) is -0.877. The van der Waals surface area contributed by atoms with Crippen LogP contribution in [0.2, 0.25) is 0 Å². The summed E-state index contributed by atoms with van der Waals surface area (Å²) < 4.78 is 0. The molecule has 1 saturated heterocycles. The van der Waals surface area contributed by atoms with Crippen LogP contribution in [0, 0.1) is 5.41 Å². The van der Waals surface area contributed by atoms with Crippen LogP contribution in [-0.2, 0) is 4.79 Å². The number of hydrogen-bond donors (Lipinski definition) is 3. The fourth-order valence-electron chi connectivity index (χ4n) is 0.986. The summed E-state index contributed by atoms with van der Waals surface area (Å²) in [5.41, 5.74) is 0. The van der Waals surface area contributed by atoms with Crippen LogP contribution in [0.15, 0.2) is 0 Å². The fourth-order valence-corrected chi connectivity index (χ4v) is 0.986. The van der Waals surface area contributed by atoms with Crippen LogP contribution in [0.5, 0.6) is 0 Å². The molecule has 3 amide bonds. The van der Waals surface area contributed by atoms with Gasteiger partial charge in [0.25, 0.3) is 0 Å². The van der Waals surface area contributed by atoms with E-state index in [0.717, 1.165) is 0 Å². The third-order valence-electron chi connectivity index (χ3n) is 1.78. The number of carbonyl (C=O) groups is 2. The molecule has 0 aromatic rings. The first kappa shape index (κ1) is 9.50. The average molecular weight is 184 g/mol. The van der Waals surface area contributed by atoms with Crippen molar-refractivity contribution in [1.82, 2.24) is 15.5 Å². The predicted molar refractivity (Wildman–Crippen MR) is 46.5 cm³/mol. The second kappa shape index (κ2) is 3.42. The lowest BCUT2D eigenvalue weighted by Gasteiger charge is -2.13. The van der Waals surface area contributed by atoms with E-state index < -0.39 is 12.1 Å². The molecule has 3 N–H and O–H groups in total. The molecule has 1 aliphatic rings. The summed E-state index contributed by atoms with van der Waals surface area (Å²) in [6, 6.07) is -0.913. The van der Waals surface area contributed by atoms with Gasteiger partial charge < -0.3 is 10.2 Å². The summed E-state index contributed by atoms with van der Waals surface area (Å²) >= 11 is 0. The Morgan fingerprint density at radius 2 is 2.23 bits per heavy atom. The number of nitrogens with zero attached hydrogens (tertiary/aromatic N) is 1. The average Bonchev–Trinajstić information content (AvgIpc) is 2.30. The molecule has 0 radical (unpaired) electrons. The van der Waals surface area contributed by atoms with Crippen LogP contribution in [0.25, 0.3) is 0 Å². The van der Waals surface area contributed by atoms with E-state index in [1.54, 1.807) is 14.1 Å². The Balaban J connectivity index is 2.51. The van der Waals surface area contributed by atoms with Gasteiger partial charge in [0, 0.05) is 14.1 Å². The van der Waals surface area contributed by atoms with Crippen molar-refractivity contribution < 1.29 is 9.59 Å². The van der Waals surface area contributed by atoms with Crippen LogP contribution < -0.4 is 10.6 Å². The standard InChI is InChI=1S/C7H12N4O2/c1-11(2)5(12)3-4-6(8)10-7(13)9-4/h4H,3H2,1-2H3,(H3,8,9,10,13). The lowest BCUT2D eigenvalue weighted by atomic mass is 10.2. The molecule has 0 bridgehead atoms. The maximum Gasteiger partial charge on any atom is 0.320 e. The van der Waals surface area contributed by atoms with Crippen molar-refractivity contribution in [2.45, 2.75) is 12.5 Å². The lowest BCUT2D eigenvalue weighted by Crippen LogP contribution is -2.35. The Hall–Kier alpha value is -1.59. The van der Waals surface area contributed by atoms with Gasteiger partial charge in [0.1, 0.15) is 5.84 Å². The van der Waals surface area contributed by atoms with Crippen LogP contribution in [0.1, 0.15) is 6.42 Å². The van der Waals surface area contributed by atoms with Gasteiger partial charge in [0.05, 0.1) is 12.5 Å². The zero-order chi connectivity index (χ0) is 10.0. The molecule has 1 fully saturated rings. The summed E-state index contributed by atoms with van der Waals surface area (Å²) in [6.45, 7) is 0. The van der Waals surface area contributed by atoms with Crippen molar-refractivity contribution in [2.24, 2.45) is 0 Å². The minimum absolute atomic E-state index is 0.0557. The van der Waals surface area contributed by atoms with E-state index in [2.05, 4.69) is 10.6 Å². The van der Waals surface area contributed by atoms with E-state index in [-0.39, 0.29) is 18.2 Å². The number of rotatable bonds is 2. The zero-order valence-corrected chi connectivity index (χ0v) is 7.55. The number of carbonyl (C=O) groups excluding carboxylic acids is 2. The Morgan fingerprint density at radius 3 is 2.62 bits per heavy atom. The fraction of sp³-hybridized carbons (Fsp3) is 0.571. The number of nitrogens with one attached hydrogen (secondary N) is 3. The summed E-state index contributed by atoms with van der Waals surface area (Å²) in [4.78, 5) is 23.4. The molecule has 6 nitrogen and oxygen atoms in total. The van der Waals surface area contributed by atoms with Gasteiger partial charge in [-0.3, -0.25) is 15.5 Å². The molecule has 0 spiro atoms. The zero-order valence-electron chi connectivity index (χ0n) is 7.55. The van der Waals surface area contributed by atoms with E-state index in [1.807, 2.05) is 0 Å². The number of urea groups is 1. The van der Waals surface area contributed by atoms with Crippen molar-refractivity contribution in [1.29, 1.82) is 5.41 Å². The van der Waals surface area contributed by atoms with Gasteiger partial charge in [-0.05, 0) is 0 Å². The molecule has 0 aromatic carbocycles. The first-order valence-electron chi connectivity index (χ1n) is 3.87. The molecule has 6 heteroatoms. The SMILES string of the molecule is CN(C)C(=O)CC1NC(=O)NC1=N. The number of amides is 3. The first-order valence-corrected chi connectivity index (χ1v) is 3.87. The molecule has 1 unspecified atom stereocenters. The van der Waals surface area contributed by atoms with Gasteiger partial charge in [-0.25, -0.2) is 4.79 Å². The lowest BCUT2D eigenvalue weighted by molar-refractivity contribution is -0.128. The highest BCUT2D eigenvalue weighted by molar-refractivity contribution is 6.07. The van der Waals surface area contributed by atoms with E-state index in [4.69, 9.17) is 5.41 Å². The Labute approximate surface area is 75.8 Å². The molecule has 1 aliphatic heterocycles. The topological polar surface area (TPSA) is 85.3 Å². The van der Waals surface area contributed by atoms with Gasteiger partial charge in [-0.2, -0.15) is 0 Å². The molecule has 1 heterocycles. The van der Waals surface area contributed by atoms with Crippen molar-refractivity contribution in [3.8, 4) is 0 Å². The normalized spacial score (nSPS) is 20.9. The summed E-state index contributed by atoms with van der Waals surface area (Å²) in [5, 5.41) is 12.0. The highest BCUT2D eigenvalue weighted by Crippen LogP contribution is 2.00. The number of hydrogen-bond acceptors (Lipinski definition) is 3. The van der Waals surface area contributed by atoms with Crippen LogP contribution in [0.4, 0.5) is 4.79 Å². The monoisotopic (exact) mass is 184 g/mol. The van der Waals surface area contributed by atoms with Crippen molar-refractivity contribution in [3.05, 3.63) is 0 Å². The summed E-state index contributed by atoms with van der Waals surface area (Å²) in [5.74, 6) is -0.0565. The second-order valence-electron chi connectivity index (χ2n) is 3.06. The third kappa shape index (κ3) is 2.17. The summed E-state index contributed by atoms with van der Waals surface area (Å²) in [7, 11) is 3.27. The molecule has 13 heavy (non-hydrogen) atoms. The summed E-state index contributed by atoms with van der Waals surface area (Å²) in [6.07, 6.45) is 0.130. The second-order valence-corrected chi connectivity index (χ2v) is 3.06. The van der Waals surface area contributed by atoms with Crippen LogP contribution in [0.3, 0.4) is 0 Å². The highest BCUT2D eigenvalue weighted by Gasteiger charge is 2.28. The van der Waals surface area contributed by atoms with E-state index in [0.29, 0.717) is 0 Å². The first-order chi connectivity index (χ1) is 6.00. The molecule has 0 saturated carbocycles. The molecule has 0 aliphatic carbocycles. The van der Waals surface area contributed by atoms with Gasteiger partial charge in [-0.1, -0.05) is 0 Å². The van der Waals surface area contributed by atoms with Gasteiger partial charge in [0.2, 0.25) is 5.91 Å². The van der Waals surface area contributed by atoms with E-state index in [9.17, 15) is 9.59 Å². The third-order valence-corrected chi connectivity index (χ3v) is 1.78. The minimum Gasteiger partial charge on any atom is -0.349 e. The number of amidine groups is 1. The smallest absolute Gasteiger partial charge is 0.320 e. The Morgan fingerprint density at radius 1 is 1.62 bits per heavy atom. The Kier molecular flexibility index (Phi) is 2.50. The maximum atomic E-state index is 11.2. The van der Waals surface area contributed by atoms with Crippen molar-refractivity contribution in [3.63, 3.8) is 0 Å². The van der Waals surface area contributed by atoms with Crippen molar-refractivity contribution >= 4 is 17.8 Å².